The summed E-state index contributed by atoms with van der Waals surface area (Å²) < 4.78 is 1.53. The van der Waals surface area contributed by atoms with E-state index in [1.807, 2.05) is 36.2 Å². The van der Waals surface area contributed by atoms with Crippen LogP contribution in [0.4, 0.5) is 0 Å². The van der Waals surface area contributed by atoms with Crippen molar-refractivity contribution in [1.29, 1.82) is 0 Å². The average Bonchev–Trinajstić information content (AvgIpc) is 3.38. The van der Waals surface area contributed by atoms with Gasteiger partial charge in [0.2, 0.25) is 0 Å². The zero-order valence-electron chi connectivity index (χ0n) is 16.4. The number of carbonyl (C=O) groups excluding carboxylic acids is 1. The van der Waals surface area contributed by atoms with E-state index in [9.17, 15) is 9.90 Å². The summed E-state index contributed by atoms with van der Waals surface area (Å²) in [6.07, 6.45) is 3.44. The maximum atomic E-state index is 11.8. The molecule has 8 heteroatoms. The molecular weight excluding hydrogens is 380 g/mol. The van der Waals surface area contributed by atoms with Gasteiger partial charge in [0.1, 0.15) is 18.3 Å². The molecular formula is C22H20N6O2. The van der Waals surface area contributed by atoms with Gasteiger partial charge in [-0.15, -0.1) is 0 Å². The van der Waals surface area contributed by atoms with E-state index in [1.54, 1.807) is 12.1 Å². The van der Waals surface area contributed by atoms with Gasteiger partial charge in [-0.25, -0.2) is 14.6 Å². The van der Waals surface area contributed by atoms with Gasteiger partial charge in [-0.1, -0.05) is 30.6 Å². The fourth-order valence-corrected chi connectivity index (χ4v) is 3.26. The molecule has 3 aromatic rings. The SMILES string of the molecule is C=C1N(C)CC[C@@]1(O)C#Cc1cccc(-c2cc(-n3cncn3)cc(C(N)=O)n2)c1. The van der Waals surface area contributed by atoms with Crippen LogP contribution in [0.25, 0.3) is 16.9 Å². The van der Waals surface area contributed by atoms with Crippen LogP contribution in [0.15, 0.2) is 61.3 Å². The highest BCUT2D eigenvalue weighted by Crippen LogP contribution is 2.29. The van der Waals surface area contributed by atoms with E-state index in [1.165, 1.54) is 17.3 Å². The number of amides is 1. The highest BCUT2D eigenvalue weighted by molar-refractivity contribution is 5.92. The van der Waals surface area contributed by atoms with Gasteiger partial charge in [-0.2, -0.15) is 5.10 Å². The number of hydrogen-bond acceptors (Lipinski definition) is 6. The second kappa shape index (κ2) is 7.46. The first-order chi connectivity index (χ1) is 14.4. The molecule has 2 aromatic heterocycles. The third kappa shape index (κ3) is 3.66. The van der Waals surface area contributed by atoms with Crippen molar-refractivity contribution >= 4 is 5.91 Å². The maximum absolute atomic E-state index is 11.8. The van der Waals surface area contributed by atoms with Gasteiger partial charge in [-0.05, 0) is 24.3 Å². The van der Waals surface area contributed by atoms with Crippen LogP contribution < -0.4 is 5.73 Å². The van der Waals surface area contributed by atoms with Crippen LogP contribution >= 0.6 is 0 Å². The van der Waals surface area contributed by atoms with Gasteiger partial charge in [0.15, 0.2) is 5.60 Å². The minimum absolute atomic E-state index is 0.120. The van der Waals surface area contributed by atoms with Gasteiger partial charge in [-0.3, -0.25) is 4.79 Å². The van der Waals surface area contributed by atoms with Crippen LogP contribution in [0, 0.1) is 11.8 Å². The molecule has 0 saturated carbocycles. The van der Waals surface area contributed by atoms with Gasteiger partial charge in [0.05, 0.1) is 17.1 Å². The number of nitrogens with two attached hydrogens (primary N) is 1. The van der Waals surface area contributed by atoms with Gasteiger partial charge in [0.25, 0.3) is 5.91 Å². The molecule has 0 unspecified atom stereocenters. The Labute approximate surface area is 173 Å². The average molecular weight is 400 g/mol. The molecule has 3 N–H and O–H groups in total. The predicted molar refractivity (Wildman–Crippen MR) is 111 cm³/mol. The second-order valence-electron chi connectivity index (χ2n) is 7.11. The molecule has 30 heavy (non-hydrogen) atoms. The number of nitrogens with zero attached hydrogens (tertiary/aromatic N) is 5. The number of primary amides is 1. The Hall–Kier alpha value is -3.96. The number of aromatic nitrogens is 4. The highest BCUT2D eigenvalue weighted by Gasteiger charge is 2.36. The zero-order chi connectivity index (χ0) is 21.3. The standard InChI is InChI=1S/C22H20N6O2/c1-15-22(30,8-9-27(15)2)7-6-16-4-3-5-17(10-16)19-11-18(28-14-24-13-25-28)12-20(26-19)21(23)29/h3-5,10-14,30H,1,8-9H2,2H3,(H2,23,29)/t22-/m0/s1. The lowest BCUT2D eigenvalue weighted by Crippen LogP contribution is -2.26. The van der Waals surface area contributed by atoms with Crippen LogP contribution in [-0.2, 0) is 0 Å². The van der Waals surface area contributed by atoms with E-state index in [0.29, 0.717) is 35.6 Å². The van der Waals surface area contributed by atoms with Crippen molar-refractivity contribution in [3.8, 4) is 28.8 Å². The van der Waals surface area contributed by atoms with E-state index in [-0.39, 0.29) is 5.69 Å². The molecule has 1 aliphatic heterocycles. The number of aliphatic hydroxyl groups is 1. The van der Waals surface area contributed by atoms with Gasteiger partial charge in [0, 0.05) is 31.1 Å². The molecule has 1 aliphatic rings. The first kappa shape index (κ1) is 19.4. The summed E-state index contributed by atoms with van der Waals surface area (Å²) in [4.78, 5) is 22.0. The molecule has 1 amide bonds. The molecule has 1 atom stereocenters. The summed E-state index contributed by atoms with van der Waals surface area (Å²) in [5, 5.41) is 14.8. The van der Waals surface area contributed by atoms with Crippen molar-refractivity contribution in [1.82, 2.24) is 24.6 Å². The molecule has 1 saturated heterocycles. The quantitative estimate of drug-likeness (QED) is 0.643. The Morgan fingerprint density at radius 3 is 2.83 bits per heavy atom. The lowest BCUT2D eigenvalue weighted by atomic mass is 10.00. The number of likely N-dealkylation sites (tertiary alicyclic amines) is 1. The number of likely N-dealkylation sites (N-methyl/N-ethyl adjacent to an activating group) is 1. The fourth-order valence-electron chi connectivity index (χ4n) is 3.26. The summed E-state index contributed by atoms with van der Waals surface area (Å²) in [5.74, 6) is 5.34. The summed E-state index contributed by atoms with van der Waals surface area (Å²) in [6.45, 7) is 4.64. The van der Waals surface area contributed by atoms with Crippen molar-refractivity contribution in [2.45, 2.75) is 12.0 Å². The monoisotopic (exact) mass is 400 g/mol. The minimum atomic E-state index is -1.23. The Bertz CT molecular complexity index is 1190. The second-order valence-corrected chi connectivity index (χ2v) is 7.11. The maximum Gasteiger partial charge on any atom is 0.267 e. The summed E-state index contributed by atoms with van der Waals surface area (Å²) >= 11 is 0. The molecule has 0 radical (unpaired) electrons. The molecule has 0 bridgehead atoms. The number of pyridine rings is 1. The fraction of sp³-hybridized carbons (Fsp3) is 0.182. The molecule has 1 aromatic carbocycles. The van der Waals surface area contributed by atoms with E-state index in [2.05, 4.69) is 33.5 Å². The third-order valence-corrected chi connectivity index (χ3v) is 5.07. The van der Waals surface area contributed by atoms with E-state index >= 15 is 0 Å². The predicted octanol–water partition coefficient (Wildman–Crippen LogP) is 1.36. The van der Waals surface area contributed by atoms with E-state index in [4.69, 9.17) is 5.73 Å². The molecule has 4 rings (SSSR count). The first-order valence-electron chi connectivity index (χ1n) is 9.29. The first-order valence-corrected chi connectivity index (χ1v) is 9.29. The zero-order valence-corrected chi connectivity index (χ0v) is 16.4. The van der Waals surface area contributed by atoms with Crippen LogP contribution in [0.2, 0.25) is 0 Å². The van der Waals surface area contributed by atoms with Crippen LogP contribution in [-0.4, -0.2) is 54.9 Å². The van der Waals surface area contributed by atoms with Crippen molar-refractivity contribution in [2.75, 3.05) is 13.6 Å². The Morgan fingerprint density at radius 1 is 1.33 bits per heavy atom. The van der Waals surface area contributed by atoms with Crippen molar-refractivity contribution in [3.05, 3.63) is 72.6 Å². The molecule has 150 valence electrons. The van der Waals surface area contributed by atoms with E-state index in [0.717, 1.165) is 5.56 Å². The lowest BCUT2D eigenvalue weighted by Gasteiger charge is -2.19. The van der Waals surface area contributed by atoms with Crippen molar-refractivity contribution in [3.63, 3.8) is 0 Å². The minimum Gasteiger partial charge on any atom is -0.375 e. The molecule has 1 fully saturated rings. The number of hydrogen-bond donors (Lipinski definition) is 2. The smallest absolute Gasteiger partial charge is 0.267 e. The Kier molecular flexibility index (Phi) is 4.82. The van der Waals surface area contributed by atoms with Crippen LogP contribution in [0.5, 0.6) is 0 Å². The normalized spacial score (nSPS) is 18.2. The molecule has 0 aliphatic carbocycles. The van der Waals surface area contributed by atoms with Crippen LogP contribution in [0.1, 0.15) is 22.5 Å². The molecule has 3 heterocycles. The Morgan fingerprint density at radius 2 is 2.17 bits per heavy atom. The topological polar surface area (TPSA) is 110 Å². The molecule has 0 spiro atoms. The largest absolute Gasteiger partial charge is 0.375 e. The van der Waals surface area contributed by atoms with Crippen LogP contribution in [0.3, 0.4) is 0 Å². The van der Waals surface area contributed by atoms with Crippen molar-refractivity contribution < 1.29 is 9.90 Å². The number of benzene rings is 1. The lowest BCUT2D eigenvalue weighted by molar-refractivity contribution is 0.0995. The summed E-state index contributed by atoms with van der Waals surface area (Å²) in [6, 6.07) is 10.7. The summed E-state index contributed by atoms with van der Waals surface area (Å²) in [7, 11) is 1.88. The van der Waals surface area contributed by atoms with Crippen molar-refractivity contribution in [2.24, 2.45) is 5.73 Å². The Balaban J connectivity index is 1.72. The third-order valence-electron chi connectivity index (χ3n) is 5.07. The number of carbonyl (C=O) groups is 1. The van der Waals surface area contributed by atoms with Gasteiger partial charge >= 0.3 is 0 Å². The summed E-state index contributed by atoms with van der Waals surface area (Å²) in [5.41, 5.74) is 7.56. The van der Waals surface area contributed by atoms with E-state index < -0.39 is 11.5 Å². The number of rotatable bonds is 3. The van der Waals surface area contributed by atoms with Gasteiger partial charge < -0.3 is 15.7 Å². The molecule has 8 nitrogen and oxygen atoms in total. The highest BCUT2D eigenvalue weighted by atomic mass is 16.3.